The monoisotopic (exact) mass is 223 g/mol. The SMILES string of the molecule is Cc1cccc(F)c1Nc1ncc(N)s1. The molecule has 3 N–H and O–H groups in total. The summed E-state index contributed by atoms with van der Waals surface area (Å²) in [4.78, 5) is 4.01. The summed E-state index contributed by atoms with van der Waals surface area (Å²) in [6, 6.07) is 4.92. The highest BCUT2D eigenvalue weighted by atomic mass is 32.1. The van der Waals surface area contributed by atoms with Gasteiger partial charge in [-0.05, 0) is 18.6 Å². The maximum atomic E-state index is 13.4. The van der Waals surface area contributed by atoms with E-state index in [2.05, 4.69) is 10.3 Å². The van der Waals surface area contributed by atoms with Crippen molar-refractivity contribution in [3.63, 3.8) is 0 Å². The summed E-state index contributed by atoms with van der Waals surface area (Å²) in [7, 11) is 0. The molecule has 0 aliphatic rings. The number of benzene rings is 1. The molecular weight excluding hydrogens is 213 g/mol. The molecule has 0 saturated heterocycles. The molecule has 0 aliphatic carbocycles. The number of hydrogen-bond donors (Lipinski definition) is 2. The second-order valence-electron chi connectivity index (χ2n) is 3.12. The van der Waals surface area contributed by atoms with Crippen LogP contribution in [0, 0.1) is 12.7 Å². The molecule has 2 rings (SSSR count). The second kappa shape index (κ2) is 3.86. The van der Waals surface area contributed by atoms with Gasteiger partial charge >= 0.3 is 0 Å². The average molecular weight is 223 g/mol. The minimum absolute atomic E-state index is 0.288. The number of anilines is 3. The number of nitrogens with two attached hydrogens (primary N) is 1. The van der Waals surface area contributed by atoms with Gasteiger partial charge in [0.25, 0.3) is 0 Å². The smallest absolute Gasteiger partial charge is 0.189 e. The normalized spacial score (nSPS) is 10.3. The summed E-state index contributed by atoms with van der Waals surface area (Å²) in [5.41, 5.74) is 6.82. The molecule has 3 nitrogen and oxygen atoms in total. The van der Waals surface area contributed by atoms with Crippen LogP contribution in [0.4, 0.5) is 20.2 Å². The maximum absolute atomic E-state index is 13.4. The van der Waals surface area contributed by atoms with Gasteiger partial charge in [0.2, 0.25) is 0 Å². The number of thiazole rings is 1. The van der Waals surface area contributed by atoms with E-state index in [9.17, 15) is 4.39 Å². The van der Waals surface area contributed by atoms with Crippen LogP contribution >= 0.6 is 11.3 Å². The fraction of sp³-hybridized carbons (Fsp3) is 0.100. The lowest BCUT2D eigenvalue weighted by molar-refractivity contribution is 0.631. The maximum Gasteiger partial charge on any atom is 0.189 e. The number of nitrogen functional groups attached to an aromatic ring is 1. The van der Waals surface area contributed by atoms with Crippen molar-refractivity contribution in [2.75, 3.05) is 11.1 Å². The Kier molecular flexibility index (Phi) is 2.55. The third-order valence-corrected chi connectivity index (χ3v) is 2.72. The van der Waals surface area contributed by atoms with Crippen LogP contribution in [0.15, 0.2) is 24.4 Å². The van der Waals surface area contributed by atoms with E-state index in [4.69, 9.17) is 5.73 Å². The first-order chi connectivity index (χ1) is 7.16. The van der Waals surface area contributed by atoms with E-state index in [1.165, 1.54) is 17.4 Å². The number of aryl methyl sites for hydroxylation is 1. The summed E-state index contributed by atoms with van der Waals surface area (Å²) < 4.78 is 13.4. The molecule has 1 aromatic carbocycles. The molecule has 0 fully saturated rings. The van der Waals surface area contributed by atoms with E-state index in [0.29, 0.717) is 15.8 Å². The van der Waals surface area contributed by atoms with Gasteiger partial charge in [-0.2, -0.15) is 0 Å². The molecule has 5 heteroatoms. The van der Waals surface area contributed by atoms with Gasteiger partial charge in [0.1, 0.15) is 10.8 Å². The summed E-state index contributed by atoms with van der Waals surface area (Å²) >= 11 is 1.29. The van der Waals surface area contributed by atoms with E-state index < -0.39 is 0 Å². The molecule has 1 heterocycles. The number of rotatable bonds is 2. The van der Waals surface area contributed by atoms with Crippen LogP contribution < -0.4 is 11.1 Å². The van der Waals surface area contributed by atoms with Gasteiger partial charge in [0, 0.05) is 0 Å². The highest BCUT2D eigenvalue weighted by molar-refractivity contribution is 7.19. The molecule has 78 valence electrons. The third kappa shape index (κ3) is 2.07. The van der Waals surface area contributed by atoms with E-state index >= 15 is 0 Å². The predicted molar refractivity (Wildman–Crippen MR) is 60.9 cm³/mol. The minimum Gasteiger partial charge on any atom is -0.389 e. The van der Waals surface area contributed by atoms with E-state index in [-0.39, 0.29) is 5.82 Å². The first-order valence-electron chi connectivity index (χ1n) is 4.40. The molecule has 0 radical (unpaired) electrons. The lowest BCUT2D eigenvalue weighted by Gasteiger charge is -2.07. The standard InChI is InChI=1S/C10H10FN3S/c1-6-3-2-4-7(11)9(6)14-10-13-5-8(12)15-10/h2-5H,12H2,1H3,(H,13,14). The molecule has 1 aromatic heterocycles. The highest BCUT2D eigenvalue weighted by Gasteiger charge is 2.07. The Bertz CT molecular complexity index is 461. The van der Waals surface area contributed by atoms with Gasteiger partial charge in [0.05, 0.1) is 11.9 Å². The Morgan fingerprint density at radius 1 is 1.47 bits per heavy atom. The zero-order chi connectivity index (χ0) is 10.8. The fourth-order valence-corrected chi connectivity index (χ4v) is 1.83. The van der Waals surface area contributed by atoms with E-state index in [1.807, 2.05) is 13.0 Å². The van der Waals surface area contributed by atoms with Crippen LogP contribution in [-0.2, 0) is 0 Å². The Balaban J connectivity index is 2.31. The number of nitrogens with one attached hydrogen (secondary N) is 1. The van der Waals surface area contributed by atoms with Crippen LogP contribution in [0.1, 0.15) is 5.56 Å². The summed E-state index contributed by atoms with van der Waals surface area (Å²) in [5, 5.41) is 4.11. The Labute approximate surface area is 90.8 Å². The molecule has 0 unspecified atom stereocenters. The quantitative estimate of drug-likeness (QED) is 0.823. The number of nitrogens with zero attached hydrogens (tertiary/aromatic N) is 1. The van der Waals surface area contributed by atoms with Gasteiger partial charge in [-0.25, -0.2) is 9.37 Å². The Hall–Kier alpha value is -1.62. The zero-order valence-corrected chi connectivity index (χ0v) is 8.94. The lowest BCUT2D eigenvalue weighted by atomic mass is 10.2. The van der Waals surface area contributed by atoms with Crippen molar-refractivity contribution in [3.05, 3.63) is 35.8 Å². The molecule has 0 saturated carbocycles. The largest absolute Gasteiger partial charge is 0.389 e. The van der Waals surface area contributed by atoms with Crippen molar-refractivity contribution in [3.8, 4) is 0 Å². The molecule has 0 spiro atoms. The van der Waals surface area contributed by atoms with Crippen LogP contribution in [0.5, 0.6) is 0 Å². The summed E-state index contributed by atoms with van der Waals surface area (Å²) in [5.74, 6) is -0.288. The van der Waals surface area contributed by atoms with Gasteiger partial charge in [0.15, 0.2) is 5.13 Å². The van der Waals surface area contributed by atoms with Gasteiger partial charge in [-0.15, -0.1) is 0 Å². The molecule has 0 aliphatic heterocycles. The van der Waals surface area contributed by atoms with Crippen molar-refractivity contribution in [2.45, 2.75) is 6.92 Å². The van der Waals surface area contributed by atoms with Gasteiger partial charge in [-0.1, -0.05) is 23.5 Å². The minimum atomic E-state index is -0.288. The van der Waals surface area contributed by atoms with Crippen LogP contribution in [0.2, 0.25) is 0 Å². The van der Waals surface area contributed by atoms with Crippen molar-refractivity contribution < 1.29 is 4.39 Å². The topological polar surface area (TPSA) is 50.9 Å². The zero-order valence-electron chi connectivity index (χ0n) is 8.12. The summed E-state index contributed by atoms with van der Waals surface area (Å²) in [6.07, 6.45) is 1.54. The number of aromatic nitrogens is 1. The van der Waals surface area contributed by atoms with Crippen molar-refractivity contribution in [1.29, 1.82) is 0 Å². The molecule has 0 amide bonds. The molecular formula is C10H10FN3S. The molecule has 2 aromatic rings. The fourth-order valence-electron chi connectivity index (χ4n) is 1.24. The van der Waals surface area contributed by atoms with Gasteiger partial charge in [-0.3, -0.25) is 0 Å². The van der Waals surface area contributed by atoms with Gasteiger partial charge < -0.3 is 11.1 Å². The average Bonchev–Trinajstić information content (AvgIpc) is 2.58. The van der Waals surface area contributed by atoms with Crippen LogP contribution in [0.25, 0.3) is 0 Å². The van der Waals surface area contributed by atoms with Crippen LogP contribution in [0.3, 0.4) is 0 Å². The molecule has 0 bridgehead atoms. The number of hydrogen-bond acceptors (Lipinski definition) is 4. The van der Waals surface area contributed by atoms with Crippen molar-refractivity contribution in [1.82, 2.24) is 4.98 Å². The predicted octanol–water partition coefficient (Wildman–Crippen LogP) is 2.92. The Morgan fingerprint density at radius 2 is 2.27 bits per heavy atom. The van der Waals surface area contributed by atoms with E-state index in [1.54, 1.807) is 12.3 Å². The number of para-hydroxylation sites is 1. The third-order valence-electron chi connectivity index (χ3n) is 1.98. The Morgan fingerprint density at radius 3 is 2.87 bits per heavy atom. The summed E-state index contributed by atoms with van der Waals surface area (Å²) in [6.45, 7) is 1.84. The molecule has 0 atom stereocenters. The second-order valence-corrected chi connectivity index (χ2v) is 4.19. The van der Waals surface area contributed by atoms with E-state index in [0.717, 1.165) is 5.56 Å². The van der Waals surface area contributed by atoms with Crippen LogP contribution in [-0.4, -0.2) is 4.98 Å². The van der Waals surface area contributed by atoms with Crippen molar-refractivity contribution >= 4 is 27.2 Å². The first kappa shape index (κ1) is 9.92. The van der Waals surface area contributed by atoms with Crippen molar-refractivity contribution in [2.24, 2.45) is 0 Å². The first-order valence-corrected chi connectivity index (χ1v) is 5.22. The highest BCUT2D eigenvalue weighted by Crippen LogP contribution is 2.27. The number of halogens is 1. The molecule has 15 heavy (non-hydrogen) atoms. The lowest BCUT2D eigenvalue weighted by Crippen LogP contribution is -1.95.